The molecule has 0 saturated carbocycles. The quantitative estimate of drug-likeness (QED) is 0.818. The van der Waals surface area contributed by atoms with E-state index in [0.29, 0.717) is 21.5 Å². The van der Waals surface area contributed by atoms with Gasteiger partial charge < -0.3 is 10.8 Å². The van der Waals surface area contributed by atoms with Gasteiger partial charge in [0.1, 0.15) is 5.75 Å². The molecular weight excluding hydrogens is 313 g/mol. The molecule has 1 atom stereocenters. The fraction of sp³-hybridized carbons (Fsp3) is 0.273. The van der Waals surface area contributed by atoms with E-state index in [1.807, 2.05) is 6.92 Å². The summed E-state index contributed by atoms with van der Waals surface area (Å²) in [5.74, 6) is 0.108. The molecular formula is C11H14BrCl2NO. The molecule has 0 aliphatic carbocycles. The standard InChI is InChI=1S/C11H13BrClNO.ClH/c1-6(2)5-9(14)7-3-4-8(13)10(12)11(7)15;/h3-4,9,15H,1,5,14H2,2H3;1H/t9-;/m0./s1. The predicted octanol–water partition coefficient (Wildman–Crippen LogP) is 4.20. The smallest absolute Gasteiger partial charge is 0.136 e. The minimum Gasteiger partial charge on any atom is -0.506 e. The van der Waals surface area contributed by atoms with E-state index in [9.17, 15) is 5.11 Å². The highest BCUT2D eigenvalue weighted by atomic mass is 79.9. The molecule has 0 unspecified atom stereocenters. The zero-order valence-corrected chi connectivity index (χ0v) is 12.0. The lowest BCUT2D eigenvalue weighted by atomic mass is 10.0. The number of nitrogens with two attached hydrogens (primary N) is 1. The van der Waals surface area contributed by atoms with Crippen molar-refractivity contribution in [3.05, 3.63) is 39.3 Å². The van der Waals surface area contributed by atoms with Gasteiger partial charge in [-0.15, -0.1) is 19.0 Å². The molecule has 16 heavy (non-hydrogen) atoms. The number of phenols is 1. The molecule has 2 nitrogen and oxygen atoms in total. The van der Waals surface area contributed by atoms with E-state index in [1.165, 1.54) is 0 Å². The van der Waals surface area contributed by atoms with Gasteiger partial charge in [0.05, 0.1) is 9.50 Å². The topological polar surface area (TPSA) is 46.2 Å². The van der Waals surface area contributed by atoms with Gasteiger partial charge in [0.15, 0.2) is 0 Å². The number of phenolic OH excluding ortho intramolecular Hbond substituents is 1. The molecule has 0 heterocycles. The van der Waals surface area contributed by atoms with Crippen molar-refractivity contribution in [1.29, 1.82) is 0 Å². The fourth-order valence-corrected chi connectivity index (χ4v) is 1.85. The Kier molecular flexibility index (Phi) is 6.41. The highest BCUT2D eigenvalue weighted by Gasteiger charge is 2.15. The van der Waals surface area contributed by atoms with Crippen LogP contribution >= 0.6 is 39.9 Å². The molecule has 0 aliphatic rings. The zero-order valence-electron chi connectivity index (χ0n) is 8.84. The van der Waals surface area contributed by atoms with Crippen LogP contribution in [0.1, 0.15) is 24.9 Å². The highest BCUT2D eigenvalue weighted by Crippen LogP contribution is 2.37. The Morgan fingerprint density at radius 1 is 1.62 bits per heavy atom. The summed E-state index contributed by atoms with van der Waals surface area (Å²) in [5.41, 5.74) is 7.59. The van der Waals surface area contributed by atoms with E-state index < -0.39 is 0 Å². The first kappa shape index (κ1) is 15.8. The van der Waals surface area contributed by atoms with Gasteiger partial charge in [-0.1, -0.05) is 23.2 Å². The number of halogens is 3. The van der Waals surface area contributed by atoms with Crippen molar-refractivity contribution in [1.82, 2.24) is 0 Å². The molecule has 90 valence electrons. The Bertz CT molecular complexity index is 396. The third-order valence-corrected chi connectivity index (χ3v) is 3.41. The van der Waals surface area contributed by atoms with Gasteiger partial charge in [0.25, 0.3) is 0 Å². The van der Waals surface area contributed by atoms with Gasteiger partial charge in [0, 0.05) is 11.6 Å². The van der Waals surface area contributed by atoms with Gasteiger partial charge in [0.2, 0.25) is 0 Å². The summed E-state index contributed by atoms with van der Waals surface area (Å²) in [6.45, 7) is 5.70. The van der Waals surface area contributed by atoms with E-state index in [-0.39, 0.29) is 24.2 Å². The summed E-state index contributed by atoms with van der Waals surface area (Å²) < 4.78 is 0.485. The van der Waals surface area contributed by atoms with Gasteiger partial charge in [-0.05, 0) is 35.3 Å². The minimum absolute atomic E-state index is 0. The van der Waals surface area contributed by atoms with Crippen molar-refractivity contribution in [3.8, 4) is 5.75 Å². The molecule has 0 amide bonds. The Labute approximate surface area is 115 Å². The van der Waals surface area contributed by atoms with Crippen molar-refractivity contribution >= 4 is 39.9 Å². The van der Waals surface area contributed by atoms with E-state index >= 15 is 0 Å². The van der Waals surface area contributed by atoms with Crippen molar-refractivity contribution in [2.24, 2.45) is 5.73 Å². The highest BCUT2D eigenvalue weighted by molar-refractivity contribution is 9.10. The Morgan fingerprint density at radius 3 is 2.69 bits per heavy atom. The largest absolute Gasteiger partial charge is 0.506 e. The first-order chi connectivity index (χ1) is 6.93. The van der Waals surface area contributed by atoms with E-state index in [0.717, 1.165) is 5.57 Å². The molecule has 0 spiro atoms. The monoisotopic (exact) mass is 325 g/mol. The Balaban J connectivity index is 0.00000225. The fourth-order valence-electron chi connectivity index (χ4n) is 1.34. The van der Waals surface area contributed by atoms with E-state index in [2.05, 4.69) is 22.5 Å². The van der Waals surface area contributed by atoms with Crippen LogP contribution in [0, 0.1) is 0 Å². The van der Waals surface area contributed by atoms with Crippen molar-refractivity contribution in [2.45, 2.75) is 19.4 Å². The van der Waals surface area contributed by atoms with Crippen molar-refractivity contribution in [3.63, 3.8) is 0 Å². The first-order valence-electron chi connectivity index (χ1n) is 4.50. The lowest BCUT2D eigenvalue weighted by molar-refractivity contribution is 0.458. The number of benzene rings is 1. The average Bonchev–Trinajstić information content (AvgIpc) is 2.13. The summed E-state index contributed by atoms with van der Waals surface area (Å²) >= 11 is 9.04. The molecule has 3 N–H and O–H groups in total. The molecule has 0 bridgehead atoms. The number of hydrogen-bond acceptors (Lipinski definition) is 2. The maximum Gasteiger partial charge on any atom is 0.136 e. The number of rotatable bonds is 3. The van der Waals surface area contributed by atoms with Crippen LogP contribution in [-0.4, -0.2) is 5.11 Å². The molecule has 1 aromatic rings. The van der Waals surface area contributed by atoms with Crippen LogP contribution in [0.2, 0.25) is 5.02 Å². The lowest BCUT2D eigenvalue weighted by Gasteiger charge is -2.14. The molecule has 5 heteroatoms. The second kappa shape index (κ2) is 6.50. The zero-order chi connectivity index (χ0) is 11.6. The van der Waals surface area contributed by atoms with Crippen molar-refractivity contribution in [2.75, 3.05) is 0 Å². The maximum atomic E-state index is 9.82. The Hall–Kier alpha value is -0.220. The van der Waals surface area contributed by atoms with Crippen LogP contribution in [0.3, 0.4) is 0 Å². The Morgan fingerprint density at radius 2 is 2.19 bits per heavy atom. The van der Waals surface area contributed by atoms with Crippen molar-refractivity contribution < 1.29 is 5.11 Å². The summed E-state index contributed by atoms with van der Waals surface area (Å²) in [7, 11) is 0. The minimum atomic E-state index is -0.254. The predicted molar refractivity (Wildman–Crippen MR) is 74.4 cm³/mol. The second-order valence-corrected chi connectivity index (χ2v) is 4.77. The summed E-state index contributed by atoms with van der Waals surface area (Å²) in [6.07, 6.45) is 0.641. The molecule has 1 rings (SSSR count). The first-order valence-corrected chi connectivity index (χ1v) is 5.67. The molecule has 0 aliphatic heterocycles. The van der Waals surface area contributed by atoms with Gasteiger partial charge >= 0.3 is 0 Å². The third kappa shape index (κ3) is 3.67. The van der Waals surface area contributed by atoms with E-state index in [4.69, 9.17) is 17.3 Å². The van der Waals surface area contributed by atoms with Crippen LogP contribution in [0.25, 0.3) is 0 Å². The number of aromatic hydroxyl groups is 1. The van der Waals surface area contributed by atoms with Crippen LogP contribution in [0.4, 0.5) is 0 Å². The van der Waals surface area contributed by atoms with E-state index in [1.54, 1.807) is 12.1 Å². The molecule has 0 saturated heterocycles. The summed E-state index contributed by atoms with van der Waals surface area (Å²) in [6, 6.07) is 3.19. The maximum absolute atomic E-state index is 9.82. The normalized spacial score (nSPS) is 11.8. The van der Waals surface area contributed by atoms with Crippen LogP contribution in [-0.2, 0) is 0 Å². The van der Waals surface area contributed by atoms with Gasteiger partial charge in [-0.25, -0.2) is 0 Å². The second-order valence-electron chi connectivity index (χ2n) is 3.57. The summed E-state index contributed by atoms with van der Waals surface area (Å²) in [4.78, 5) is 0. The van der Waals surface area contributed by atoms with Crippen LogP contribution < -0.4 is 5.73 Å². The van der Waals surface area contributed by atoms with Gasteiger partial charge in [-0.2, -0.15) is 0 Å². The molecule has 0 radical (unpaired) electrons. The SMILES string of the molecule is C=C(C)C[C@H](N)c1ccc(Cl)c(Br)c1O.Cl. The third-order valence-electron chi connectivity index (χ3n) is 2.07. The molecule has 1 aromatic carbocycles. The van der Waals surface area contributed by atoms with Crippen LogP contribution in [0.5, 0.6) is 5.75 Å². The van der Waals surface area contributed by atoms with Gasteiger partial charge in [-0.3, -0.25) is 0 Å². The molecule has 0 aromatic heterocycles. The number of hydrogen-bond donors (Lipinski definition) is 2. The van der Waals surface area contributed by atoms with Crippen LogP contribution in [0.15, 0.2) is 28.8 Å². The summed E-state index contributed by atoms with van der Waals surface area (Å²) in [5, 5.41) is 10.3. The molecule has 0 fully saturated rings. The lowest BCUT2D eigenvalue weighted by Crippen LogP contribution is -2.10. The average molecular weight is 327 g/mol.